The molecule has 0 aromatic heterocycles. The number of nitrogens with one attached hydrogen (secondary N) is 2. The molecule has 9 heteroatoms. The minimum Gasteiger partial charge on any atom is -0.369 e. The van der Waals surface area contributed by atoms with Crippen molar-refractivity contribution in [3.05, 3.63) is 29.8 Å². The van der Waals surface area contributed by atoms with Crippen molar-refractivity contribution >= 4 is 45.6 Å². The van der Waals surface area contributed by atoms with Gasteiger partial charge in [0.2, 0.25) is 10.0 Å². The molecule has 0 aliphatic carbocycles. The lowest BCUT2D eigenvalue weighted by atomic mass is 10.2. The molecule has 0 bridgehead atoms. The van der Waals surface area contributed by atoms with Gasteiger partial charge in [-0.2, -0.15) is 0 Å². The fourth-order valence-corrected chi connectivity index (χ4v) is 4.21. The van der Waals surface area contributed by atoms with E-state index >= 15 is 0 Å². The number of sulfonamides is 1. The highest BCUT2D eigenvalue weighted by Gasteiger charge is 2.23. The van der Waals surface area contributed by atoms with E-state index in [4.69, 9.17) is 0 Å². The van der Waals surface area contributed by atoms with Crippen LogP contribution in [0.5, 0.6) is 0 Å². The number of aryl methyl sites for hydroxylation is 1. The van der Waals surface area contributed by atoms with E-state index in [-0.39, 0.29) is 24.0 Å². The van der Waals surface area contributed by atoms with Crippen molar-refractivity contribution in [2.45, 2.75) is 32.7 Å². The largest absolute Gasteiger partial charge is 0.369 e. The Balaban J connectivity index is 0.00000392. The molecule has 1 heterocycles. The van der Waals surface area contributed by atoms with Gasteiger partial charge in [0.05, 0.1) is 6.26 Å². The van der Waals surface area contributed by atoms with Crippen molar-refractivity contribution in [2.75, 3.05) is 50.9 Å². The predicted molar refractivity (Wildman–Crippen MR) is 128 cm³/mol. The molecule has 0 saturated carbocycles. The minimum absolute atomic E-state index is 0. The van der Waals surface area contributed by atoms with Gasteiger partial charge < -0.3 is 15.5 Å². The van der Waals surface area contributed by atoms with E-state index in [0.29, 0.717) is 25.7 Å². The molecule has 1 unspecified atom stereocenters. The van der Waals surface area contributed by atoms with Crippen LogP contribution in [-0.4, -0.2) is 70.8 Å². The number of halogens is 1. The van der Waals surface area contributed by atoms with E-state index in [1.807, 2.05) is 6.92 Å². The number of benzene rings is 1. The lowest BCUT2D eigenvalue weighted by molar-refractivity contribution is 0.424. The third-order valence-corrected chi connectivity index (χ3v) is 6.23. The molecular weight excluding hydrogens is 489 g/mol. The second kappa shape index (κ2) is 11.8. The molecule has 1 fully saturated rings. The van der Waals surface area contributed by atoms with Crippen LogP contribution in [0.2, 0.25) is 0 Å². The molecule has 2 N–H and O–H groups in total. The van der Waals surface area contributed by atoms with Crippen LogP contribution in [0.4, 0.5) is 5.69 Å². The first-order chi connectivity index (χ1) is 12.8. The third kappa shape index (κ3) is 7.75. The molecule has 2 rings (SSSR count). The number of hydrogen-bond acceptors (Lipinski definition) is 4. The van der Waals surface area contributed by atoms with Crippen molar-refractivity contribution in [2.24, 2.45) is 4.99 Å². The Bertz CT molecular complexity index is 724. The number of anilines is 1. The minimum atomic E-state index is -3.12. The van der Waals surface area contributed by atoms with Crippen LogP contribution >= 0.6 is 24.0 Å². The second-order valence-corrected chi connectivity index (χ2v) is 9.00. The molecule has 7 nitrogen and oxygen atoms in total. The number of guanidine groups is 1. The first-order valence-corrected chi connectivity index (χ1v) is 11.4. The quantitative estimate of drug-likeness (QED) is 0.236. The van der Waals surface area contributed by atoms with E-state index in [0.717, 1.165) is 31.9 Å². The SMILES string of the molecule is CCN(CCCNC(=NC)NC1CCN(c2ccc(C)cc2)C1)S(C)(=O)=O.I. The van der Waals surface area contributed by atoms with Crippen LogP contribution in [0, 0.1) is 6.92 Å². The van der Waals surface area contributed by atoms with Gasteiger partial charge in [0.15, 0.2) is 5.96 Å². The molecular formula is C19H34IN5O2S. The summed E-state index contributed by atoms with van der Waals surface area (Å²) >= 11 is 0. The van der Waals surface area contributed by atoms with Gasteiger partial charge in [-0.25, -0.2) is 12.7 Å². The van der Waals surface area contributed by atoms with Gasteiger partial charge in [-0.05, 0) is 31.9 Å². The summed E-state index contributed by atoms with van der Waals surface area (Å²) in [5, 5.41) is 6.76. The van der Waals surface area contributed by atoms with Crippen LogP contribution in [0.25, 0.3) is 0 Å². The Hall–Kier alpha value is -1.07. The highest BCUT2D eigenvalue weighted by atomic mass is 127. The summed E-state index contributed by atoms with van der Waals surface area (Å²) in [5.74, 6) is 0.771. The molecule has 0 spiro atoms. The Morgan fingerprint density at radius 3 is 2.57 bits per heavy atom. The molecule has 0 amide bonds. The van der Waals surface area contributed by atoms with E-state index in [1.54, 1.807) is 7.05 Å². The number of aliphatic imine (C=N–C) groups is 1. The van der Waals surface area contributed by atoms with Crippen molar-refractivity contribution in [3.8, 4) is 0 Å². The molecule has 1 aliphatic heterocycles. The molecule has 1 aliphatic rings. The fourth-order valence-electron chi connectivity index (χ4n) is 3.28. The third-order valence-electron chi connectivity index (χ3n) is 4.85. The van der Waals surface area contributed by atoms with E-state index in [9.17, 15) is 8.42 Å². The maximum Gasteiger partial charge on any atom is 0.211 e. The van der Waals surface area contributed by atoms with E-state index in [1.165, 1.54) is 21.8 Å². The fraction of sp³-hybridized carbons (Fsp3) is 0.632. The normalized spacial score (nSPS) is 17.5. The molecule has 28 heavy (non-hydrogen) atoms. The van der Waals surface area contributed by atoms with Crippen LogP contribution in [0.15, 0.2) is 29.3 Å². The summed E-state index contributed by atoms with van der Waals surface area (Å²) in [4.78, 5) is 6.68. The van der Waals surface area contributed by atoms with Crippen molar-refractivity contribution in [1.29, 1.82) is 0 Å². The molecule has 1 aromatic rings. The van der Waals surface area contributed by atoms with E-state index < -0.39 is 10.0 Å². The van der Waals surface area contributed by atoms with Crippen molar-refractivity contribution in [3.63, 3.8) is 0 Å². The summed E-state index contributed by atoms with van der Waals surface area (Å²) in [7, 11) is -1.36. The Labute approximate surface area is 187 Å². The van der Waals surface area contributed by atoms with Gasteiger partial charge in [-0.3, -0.25) is 4.99 Å². The van der Waals surface area contributed by atoms with Crippen LogP contribution in [0.1, 0.15) is 25.3 Å². The standard InChI is InChI=1S/C19H33N5O2S.HI/c1-5-24(27(4,25)26)13-6-12-21-19(20-3)22-17-11-14-23(15-17)18-9-7-16(2)8-10-18;/h7-10,17H,5-6,11-15H2,1-4H3,(H2,20,21,22);1H. The van der Waals surface area contributed by atoms with Crippen molar-refractivity contribution in [1.82, 2.24) is 14.9 Å². The zero-order valence-electron chi connectivity index (χ0n) is 17.3. The van der Waals surface area contributed by atoms with Crippen LogP contribution in [-0.2, 0) is 10.0 Å². The Morgan fingerprint density at radius 2 is 2.00 bits per heavy atom. The lowest BCUT2D eigenvalue weighted by Crippen LogP contribution is -2.45. The second-order valence-electron chi connectivity index (χ2n) is 7.02. The summed E-state index contributed by atoms with van der Waals surface area (Å²) in [6, 6.07) is 8.98. The summed E-state index contributed by atoms with van der Waals surface area (Å²) in [6.45, 7) is 7.63. The van der Waals surface area contributed by atoms with Gasteiger partial charge in [0.25, 0.3) is 0 Å². The molecule has 1 atom stereocenters. The Kier molecular flexibility index (Phi) is 10.5. The van der Waals surface area contributed by atoms with E-state index in [2.05, 4.69) is 51.7 Å². The first-order valence-electron chi connectivity index (χ1n) is 9.57. The smallest absolute Gasteiger partial charge is 0.211 e. The summed E-state index contributed by atoms with van der Waals surface area (Å²) in [6.07, 6.45) is 3.05. The predicted octanol–water partition coefficient (Wildman–Crippen LogP) is 2.03. The zero-order valence-corrected chi connectivity index (χ0v) is 20.5. The molecule has 1 aromatic carbocycles. The summed E-state index contributed by atoms with van der Waals surface area (Å²) in [5.41, 5.74) is 2.53. The first kappa shape index (κ1) is 25.0. The number of hydrogen-bond donors (Lipinski definition) is 2. The highest BCUT2D eigenvalue weighted by molar-refractivity contribution is 14.0. The lowest BCUT2D eigenvalue weighted by Gasteiger charge is -2.21. The van der Waals surface area contributed by atoms with Gasteiger partial charge >= 0.3 is 0 Å². The van der Waals surface area contributed by atoms with Crippen LogP contribution < -0.4 is 15.5 Å². The maximum atomic E-state index is 11.6. The molecule has 0 radical (unpaired) electrons. The number of nitrogens with zero attached hydrogens (tertiary/aromatic N) is 3. The topological polar surface area (TPSA) is 77.0 Å². The van der Waals surface area contributed by atoms with Crippen molar-refractivity contribution < 1.29 is 8.42 Å². The van der Waals surface area contributed by atoms with Gasteiger partial charge in [0.1, 0.15) is 0 Å². The van der Waals surface area contributed by atoms with Crippen LogP contribution in [0.3, 0.4) is 0 Å². The average Bonchev–Trinajstić information content (AvgIpc) is 3.08. The summed E-state index contributed by atoms with van der Waals surface area (Å²) < 4.78 is 24.7. The zero-order chi connectivity index (χ0) is 19.9. The molecule has 1 saturated heterocycles. The van der Waals surface area contributed by atoms with Gasteiger partial charge in [-0.1, -0.05) is 24.6 Å². The maximum absolute atomic E-state index is 11.6. The van der Waals surface area contributed by atoms with Gasteiger partial charge in [0, 0.05) is 51.5 Å². The average molecular weight is 523 g/mol. The van der Waals surface area contributed by atoms with Gasteiger partial charge in [-0.15, -0.1) is 24.0 Å². The Morgan fingerprint density at radius 1 is 1.32 bits per heavy atom. The highest BCUT2D eigenvalue weighted by Crippen LogP contribution is 2.20. The number of rotatable bonds is 8. The molecule has 160 valence electrons. The monoisotopic (exact) mass is 523 g/mol.